The van der Waals surface area contributed by atoms with Crippen LogP contribution in [-0.2, 0) is 4.79 Å². The Hall–Kier alpha value is -0.0800. The first kappa shape index (κ1) is 7.56. The van der Waals surface area contributed by atoms with Crippen LogP contribution in [0.3, 0.4) is 0 Å². The summed E-state index contributed by atoms with van der Waals surface area (Å²) >= 11 is 5.98. The number of halogens is 1. The second-order valence-corrected chi connectivity index (χ2v) is 4.09. The Balaban J connectivity index is 2.02. The maximum Gasteiger partial charge on any atom is 0.135 e. The number of carbonyl (C=O) groups excluding carboxylic acids is 1. The first-order valence-corrected chi connectivity index (χ1v) is 4.59. The highest BCUT2D eigenvalue weighted by atomic mass is 35.5. The van der Waals surface area contributed by atoms with Crippen molar-refractivity contribution in [1.82, 2.24) is 4.90 Å². The molecule has 0 aromatic heterocycles. The largest absolute Gasteiger partial charge is 0.300 e. The quantitative estimate of drug-likeness (QED) is 0.510. The van der Waals surface area contributed by atoms with Crippen LogP contribution < -0.4 is 0 Å². The number of piperidine rings is 1. The molecule has 2 saturated heterocycles. The summed E-state index contributed by atoms with van der Waals surface area (Å²) in [6.07, 6.45) is 2.48. The highest BCUT2D eigenvalue weighted by molar-refractivity contribution is 6.21. The van der Waals surface area contributed by atoms with E-state index in [4.69, 9.17) is 11.6 Å². The third kappa shape index (κ3) is 1.42. The number of rotatable bonds is 0. The Kier molecular flexibility index (Phi) is 1.90. The van der Waals surface area contributed by atoms with E-state index in [0.717, 1.165) is 32.4 Å². The number of fused-ring (bicyclic) bond motifs is 1. The summed E-state index contributed by atoms with van der Waals surface area (Å²) < 4.78 is 0. The van der Waals surface area contributed by atoms with Gasteiger partial charge in [0.25, 0.3) is 0 Å². The van der Waals surface area contributed by atoms with Crippen molar-refractivity contribution in [3.8, 4) is 0 Å². The molecule has 0 bridgehead atoms. The van der Waals surface area contributed by atoms with E-state index < -0.39 is 0 Å². The normalized spacial score (nSPS) is 39.2. The Morgan fingerprint density at radius 3 is 3.18 bits per heavy atom. The van der Waals surface area contributed by atoms with E-state index in [2.05, 4.69) is 4.90 Å². The number of hydrogen-bond donors (Lipinski definition) is 0. The van der Waals surface area contributed by atoms with Crippen molar-refractivity contribution in [3.63, 3.8) is 0 Å². The lowest BCUT2D eigenvalue weighted by Crippen LogP contribution is -2.38. The molecule has 0 aromatic rings. The zero-order chi connectivity index (χ0) is 7.84. The number of ketones is 1. The minimum Gasteiger partial charge on any atom is -0.300 e. The zero-order valence-electron chi connectivity index (χ0n) is 6.42. The van der Waals surface area contributed by atoms with Crippen molar-refractivity contribution >= 4 is 17.4 Å². The smallest absolute Gasteiger partial charge is 0.135 e. The van der Waals surface area contributed by atoms with E-state index in [0.29, 0.717) is 11.8 Å². The predicted octanol–water partition coefficient (Wildman–Crippen LogP) is 1.03. The molecular formula is C8H12ClNO. The number of nitrogens with zero attached hydrogens (tertiary/aromatic N) is 1. The molecule has 2 aliphatic rings. The van der Waals surface area contributed by atoms with Gasteiger partial charge in [-0.05, 0) is 6.42 Å². The van der Waals surface area contributed by atoms with Crippen LogP contribution in [0.25, 0.3) is 0 Å². The molecule has 11 heavy (non-hydrogen) atoms. The van der Waals surface area contributed by atoms with Gasteiger partial charge < -0.3 is 0 Å². The third-order valence-electron chi connectivity index (χ3n) is 2.62. The van der Waals surface area contributed by atoms with Gasteiger partial charge in [-0.1, -0.05) is 0 Å². The molecule has 2 rings (SSSR count). The summed E-state index contributed by atoms with van der Waals surface area (Å²) in [5.74, 6) is 0.414. The number of carbonyl (C=O) groups is 1. The first-order valence-electron chi connectivity index (χ1n) is 4.15. The van der Waals surface area contributed by atoms with Crippen molar-refractivity contribution in [1.29, 1.82) is 0 Å². The van der Waals surface area contributed by atoms with E-state index in [1.165, 1.54) is 0 Å². The summed E-state index contributed by atoms with van der Waals surface area (Å²) in [5, 5.41) is 0.283. The van der Waals surface area contributed by atoms with Crippen LogP contribution in [0.15, 0.2) is 0 Å². The van der Waals surface area contributed by atoms with Crippen LogP contribution in [0.4, 0.5) is 0 Å². The molecule has 0 aromatic carbocycles. The van der Waals surface area contributed by atoms with Crippen molar-refractivity contribution in [2.24, 2.45) is 0 Å². The van der Waals surface area contributed by atoms with Gasteiger partial charge >= 0.3 is 0 Å². The monoisotopic (exact) mass is 173 g/mol. The molecule has 0 spiro atoms. The van der Waals surface area contributed by atoms with Gasteiger partial charge in [-0.15, -0.1) is 11.6 Å². The summed E-state index contributed by atoms with van der Waals surface area (Å²) in [6.45, 7) is 1.92. The van der Waals surface area contributed by atoms with Gasteiger partial charge in [-0.25, -0.2) is 0 Å². The minimum atomic E-state index is 0.283. The molecule has 2 atom stereocenters. The highest BCUT2D eigenvalue weighted by Gasteiger charge is 2.34. The average Bonchev–Trinajstić information content (AvgIpc) is 2.27. The standard InChI is InChI=1S/C8H12ClNO/c9-6-3-7-4-8(11)1-2-10(7)5-6/h6-7H,1-5H2/t6-,7-/m0/s1. The van der Waals surface area contributed by atoms with Crippen LogP contribution in [0.2, 0.25) is 0 Å². The van der Waals surface area contributed by atoms with Gasteiger partial charge in [0.05, 0.1) is 0 Å². The maximum atomic E-state index is 11.0. The molecule has 0 N–H and O–H groups in total. The maximum absolute atomic E-state index is 11.0. The van der Waals surface area contributed by atoms with Gasteiger partial charge in [0.1, 0.15) is 5.78 Å². The van der Waals surface area contributed by atoms with Crippen LogP contribution in [0.1, 0.15) is 19.3 Å². The Morgan fingerprint density at radius 2 is 2.36 bits per heavy atom. The lowest BCUT2D eigenvalue weighted by Gasteiger charge is -2.27. The lowest BCUT2D eigenvalue weighted by molar-refractivity contribution is -0.122. The Morgan fingerprint density at radius 1 is 1.55 bits per heavy atom. The van der Waals surface area contributed by atoms with Crippen molar-refractivity contribution in [3.05, 3.63) is 0 Å². The predicted molar refractivity (Wildman–Crippen MR) is 43.9 cm³/mol. The third-order valence-corrected chi connectivity index (χ3v) is 2.93. The fourth-order valence-electron chi connectivity index (χ4n) is 2.04. The molecule has 0 amide bonds. The number of Topliss-reactive ketones (excluding diaryl/α,β-unsaturated/α-hetero) is 1. The molecule has 3 heteroatoms. The topological polar surface area (TPSA) is 20.3 Å². The fraction of sp³-hybridized carbons (Fsp3) is 0.875. The van der Waals surface area contributed by atoms with E-state index >= 15 is 0 Å². The summed E-state index contributed by atoms with van der Waals surface area (Å²) in [5.41, 5.74) is 0. The van der Waals surface area contributed by atoms with E-state index in [1.54, 1.807) is 0 Å². The molecule has 62 valence electrons. The lowest BCUT2D eigenvalue weighted by atomic mass is 10.0. The van der Waals surface area contributed by atoms with Crippen molar-refractivity contribution < 1.29 is 4.79 Å². The van der Waals surface area contributed by atoms with Crippen molar-refractivity contribution in [2.75, 3.05) is 13.1 Å². The molecule has 2 nitrogen and oxygen atoms in total. The highest BCUT2D eigenvalue weighted by Crippen LogP contribution is 2.27. The van der Waals surface area contributed by atoms with E-state index in [9.17, 15) is 4.79 Å². The van der Waals surface area contributed by atoms with Crippen LogP contribution in [0.5, 0.6) is 0 Å². The fourth-order valence-corrected chi connectivity index (χ4v) is 2.42. The minimum absolute atomic E-state index is 0.283. The van der Waals surface area contributed by atoms with Crippen LogP contribution >= 0.6 is 11.6 Å². The first-order chi connectivity index (χ1) is 5.25. The molecule has 0 radical (unpaired) electrons. The molecule has 0 saturated carbocycles. The van der Waals surface area contributed by atoms with Gasteiger partial charge in [0.15, 0.2) is 0 Å². The molecule has 0 aliphatic carbocycles. The average molecular weight is 174 g/mol. The van der Waals surface area contributed by atoms with E-state index in [1.807, 2.05) is 0 Å². The number of alkyl halides is 1. The molecular weight excluding hydrogens is 162 g/mol. The second-order valence-electron chi connectivity index (χ2n) is 3.47. The van der Waals surface area contributed by atoms with Crippen molar-refractivity contribution in [2.45, 2.75) is 30.7 Å². The molecule has 2 heterocycles. The van der Waals surface area contributed by atoms with Crippen LogP contribution in [0, 0.1) is 0 Å². The zero-order valence-corrected chi connectivity index (χ0v) is 7.18. The summed E-state index contributed by atoms with van der Waals surface area (Å²) in [4.78, 5) is 13.4. The Bertz CT molecular complexity index is 183. The Labute approximate surface area is 71.5 Å². The molecule has 2 fully saturated rings. The number of hydrogen-bond acceptors (Lipinski definition) is 2. The second kappa shape index (κ2) is 2.76. The molecule has 0 unspecified atom stereocenters. The SMILES string of the molecule is O=C1CCN2C[C@@H](Cl)C[C@H]2C1. The summed E-state index contributed by atoms with van der Waals surface area (Å²) in [7, 11) is 0. The van der Waals surface area contributed by atoms with Gasteiger partial charge in [0.2, 0.25) is 0 Å². The van der Waals surface area contributed by atoms with Gasteiger partial charge in [-0.2, -0.15) is 0 Å². The van der Waals surface area contributed by atoms with Gasteiger partial charge in [0, 0.05) is 37.4 Å². The van der Waals surface area contributed by atoms with E-state index in [-0.39, 0.29) is 5.38 Å². The van der Waals surface area contributed by atoms with Crippen LogP contribution in [-0.4, -0.2) is 35.2 Å². The molecule has 2 aliphatic heterocycles. The van der Waals surface area contributed by atoms with Gasteiger partial charge in [-0.3, -0.25) is 9.69 Å². The summed E-state index contributed by atoms with van der Waals surface area (Å²) in [6, 6.07) is 0.471.